The third-order valence-electron chi connectivity index (χ3n) is 3.41. The van der Waals surface area contributed by atoms with Crippen molar-refractivity contribution < 1.29 is 5.11 Å². The molecule has 0 atom stereocenters. The molecule has 0 spiro atoms. The van der Waals surface area contributed by atoms with Gasteiger partial charge in [0.25, 0.3) is 0 Å². The number of aromatic hydroxyl groups is 1. The lowest BCUT2D eigenvalue weighted by atomic mass is 10.1. The van der Waals surface area contributed by atoms with Crippen molar-refractivity contribution in [3.05, 3.63) is 63.1 Å². The minimum Gasteiger partial charge on any atom is -0.506 e. The van der Waals surface area contributed by atoms with Crippen molar-refractivity contribution in [3.63, 3.8) is 0 Å². The van der Waals surface area contributed by atoms with Crippen LogP contribution < -0.4 is 0 Å². The number of benzene rings is 2. The van der Waals surface area contributed by atoms with Gasteiger partial charge in [-0.1, -0.05) is 47.5 Å². The molecule has 0 amide bonds. The van der Waals surface area contributed by atoms with Crippen molar-refractivity contribution in [1.82, 2.24) is 4.90 Å². The zero-order chi connectivity index (χ0) is 13.4. The Bertz CT molecular complexity index is 603. The van der Waals surface area contributed by atoms with Crippen LogP contribution in [-0.4, -0.2) is 10.0 Å². The highest BCUT2D eigenvalue weighted by Crippen LogP contribution is 2.33. The van der Waals surface area contributed by atoms with E-state index in [-0.39, 0.29) is 5.75 Å². The summed E-state index contributed by atoms with van der Waals surface area (Å²) in [6.07, 6.45) is 0. The molecular weight excluding hydrogens is 281 g/mol. The Morgan fingerprint density at radius 1 is 1.05 bits per heavy atom. The van der Waals surface area contributed by atoms with Crippen LogP contribution in [0.5, 0.6) is 5.75 Å². The van der Waals surface area contributed by atoms with Crippen LogP contribution in [0.1, 0.15) is 16.7 Å². The quantitative estimate of drug-likeness (QED) is 0.896. The highest BCUT2D eigenvalue weighted by Gasteiger charge is 2.20. The molecule has 0 bridgehead atoms. The predicted molar refractivity (Wildman–Crippen MR) is 77.5 cm³/mol. The Hall–Kier alpha value is -1.22. The molecule has 0 saturated heterocycles. The van der Waals surface area contributed by atoms with Gasteiger partial charge >= 0.3 is 0 Å². The third-order valence-corrected chi connectivity index (χ3v) is 3.91. The normalized spacial score (nSPS) is 14.6. The first-order chi connectivity index (χ1) is 9.13. The van der Waals surface area contributed by atoms with E-state index in [1.165, 1.54) is 11.1 Å². The van der Waals surface area contributed by atoms with Crippen molar-refractivity contribution in [1.29, 1.82) is 0 Å². The van der Waals surface area contributed by atoms with Gasteiger partial charge in [-0.15, -0.1) is 0 Å². The fraction of sp³-hybridized carbons (Fsp3) is 0.200. The van der Waals surface area contributed by atoms with E-state index in [0.29, 0.717) is 16.6 Å². The summed E-state index contributed by atoms with van der Waals surface area (Å²) in [5.41, 5.74) is 3.45. The van der Waals surface area contributed by atoms with Gasteiger partial charge < -0.3 is 5.11 Å². The summed E-state index contributed by atoms with van der Waals surface area (Å²) >= 11 is 11.9. The molecule has 2 aromatic rings. The molecule has 4 heteroatoms. The Morgan fingerprint density at radius 3 is 2.32 bits per heavy atom. The molecule has 1 aliphatic heterocycles. The van der Waals surface area contributed by atoms with Crippen LogP contribution in [0.25, 0.3) is 0 Å². The zero-order valence-corrected chi connectivity index (χ0v) is 11.7. The molecule has 98 valence electrons. The molecule has 0 radical (unpaired) electrons. The first-order valence-corrected chi connectivity index (χ1v) is 6.85. The van der Waals surface area contributed by atoms with Crippen molar-refractivity contribution in [2.24, 2.45) is 0 Å². The van der Waals surface area contributed by atoms with Gasteiger partial charge in [0.2, 0.25) is 0 Å². The Balaban J connectivity index is 1.81. The van der Waals surface area contributed by atoms with E-state index < -0.39 is 0 Å². The number of phenols is 1. The van der Waals surface area contributed by atoms with Gasteiger partial charge in [0.05, 0.1) is 5.02 Å². The lowest BCUT2D eigenvalue weighted by molar-refractivity contribution is 0.271. The highest BCUT2D eigenvalue weighted by molar-refractivity contribution is 6.35. The number of fused-ring (bicyclic) bond motifs is 1. The number of halogens is 2. The Labute approximate surface area is 122 Å². The Kier molecular flexibility index (Phi) is 3.40. The molecule has 1 N–H and O–H groups in total. The maximum atomic E-state index is 9.98. The molecule has 0 aromatic heterocycles. The van der Waals surface area contributed by atoms with Gasteiger partial charge in [-0.2, -0.15) is 0 Å². The van der Waals surface area contributed by atoms with Crippen LogP contribution in [0, 0.1) is 0 Å². The summed E-state index contributed by atoms with van der Waals surface area (Å²) in [6, 6.07) is 11.7. The topological polar surface area (TPSA) is 23.5 Å². The van der Waals surface area contributed by atoms with E-state index in [0.717, 1.165) is 18.7 Å². The van der Waals surface area contributed by atoms with Gasteiger partial charge in [0, 0.05) is 30.2 Å². The minimum atomic E-state index is 0.127. The smallest absolute Gasteiger partial charge is 0.138 e. The molecule has 0 fully saturated rings. The van der Waals surface area contributed by atoms with Crippen molar-refractivity contribution in [3.8, 4) is 5.75 Å². The SMILES string of the molecule is Oc1c(Cl)cc(Cl)cc1CN1Cc2ccccc2C1. The number of rotatable bonds is 2. The maximum absolute atomic E-state index is 9.98. The van der Waals surface area contributed by atoms with Gasteiger partial charge in [-0.25, -0.2) is 0 Å². The molecule has 0 saturated carbocycles. The van der Waals surface area contributed by atoms with E-state index >= 15 is 0 Å². The van der Waals surface area contributed by atoms with E-state index in [2.05, 4.69) is 29.2 Å². The van der Waals surface area contributed by atoms with Crippen molar-refractivity contribution >= 4 is 23.2 Å². The first kappa shape index (κ1) is 12.8. The summed E-state index contributed by atoms with van der Waals surface area (Å²) in [4.78, 5) is 2.26. The molecule has 1 aliphatic rings. The number of phenolic OH excluding ortho intramolecular Hbond substituents is 1. The van der Waals surface area contributed by atoms with Crippen LogP contribution in [-0.2, 0) is 19.6 Å². The van der Waals surface area contributed by atoms with Crippen molar-refractivity contribution in [2.75, 3.05) is 0 Å². The summed E-state index contributed by atoms with van der Waals surface area (Å²) in [5.74, 6) is 0.127. The minimum absolute atomic E-state index is 0.127. The Morgan fingerprint density at radius 2 is 1.68 bits per heavy atom. The lowest BCUT2D eigenvalue weighted by Gasteiger charge is -2.16. The number of hydrogen-bond donors (Lipinski definition) is 1. The highest BCUT2D eigenvalue weighted by atomic mass is 35.5. The predicted octanol–water partition coefficient (Wildman–Crippen LogP) is 4.21. The van der Waals surface area contributed by atoms with E-state index in [1.54, 1.807) is 12.1 Å². The largest absolute Gasteiger partial charge is 0.506 e. The second kappa shape index (κ2) is 5.04. The average Bonchev–Trinajstić information content (AvgIpc) is 2.77. The fourth-order valence-electron chi connectivity index (χ4n) is 2.50. The number of hydrogen-bond acceptors (Lipinski definition) is 2. The van der Waals surface area contributed by atoms with E-state index in [1.807, 2.05) is 0 Å². The monoisotopic (exact) mass is 293 g/mol. The number of nitrogens with zero attached hydrogens (tertiary/aromatic N) is 1. The average molecular weight is 294 g/mol. The molecular formula is C15H13Cl2NO. The molecule has 0 aliphatic carbocycles. The van der Waals surface area contributed by atoms with Crippen LogP contribution in [0.4, 0.5) is 0 Å². The molecule has 0 unspecified atom stereocenters. The summed E-state index contributed by atoms with van der Waals surface area (Å²) in [5, 5.41) is 10.8. The molecule has 1 heterocycles. The first-order valence-electron chi connectivity index (χ1n) is 6.09. The third kappa shape index (κ3) is 2.57. The van der Waals surface area contributed by atoms with Crippen LogP contribution >= 0.6 is 23.2 Å². The maximum Gasteiger partial charge on any atom is 0.138 e. The molecule has 19 heavy (non-hydrogen) atoms. The standard InChI is InChI=1S/C15H13Cl2NO/c16-13-5-12(15(19)14(17)6-13)9-18-7-10-3-1-2-4-11(10)8-18/h1-6,19H,7-9H2. The fourth-order valence-corrected chi connectivity index (χ4v) is 3.03. The van der Waals surface area contributed by atoms with Gasteiger partial charge in [-0.3, -0.25) is 4.90 Å². The van der Waals surface area contributed by atoms with Crippen LogP contribution in [0.15, 0.2) is 36.4 Å². The van der Waals surface area contributed by atoms with E-state index in [9.17, 15) is 5.11 Å². The van der Waals surface area contributed by atoms with Gasteiger partial charge in [0.1, 0.15) is 5.75 Å². The summed E-state index contributed by atoms with van der Waals surface area (Å²) < 4.78 is 0. The second-order valence-electron chi connectivity index (χ2n) is 4.81. The zero-order valence-electron chi connectivity index (χ0n) is 10.2. The molecule has 2 nitrogen and oxygen atoms in total. The lowest BCUT2D eigenvalue weighted by Crippen LogP contribution is -2.15. The molecule has 2 aromatic carbocycles. The van der Waals surface area contributed by atoms with Gasteiger partial charge in [-0.05, 0) is 23.3 Å². The van der Waals surface area contributed by atoms with Crippen LogP contribution in [0.3, 0.4) is 0 Å². The van der Waals surface area contributed by atoms with Crippen LogP contribution in [0.2, 0.25) is 10.0 Å². The molecule has 3 rings (SSSR count). The van der Waals surface area contributed by atoms with E-state index in [4.69, 9.17) is 23.2 Å². The summed E-state index contributed by atoms with van der Waals surface area (Å²) in [7, 11) is 0. The van der Waals surface area contributed by atoms with Crippen molar-refractivity contribution in [2.45, 2.75) is 19.6 Å². The summed E-state index contributed by atoms with van der Waals surface area (Å²) in [6.45, 7) is 2.42. The van der Waals surface area contributed by atoms with Gasteiger partial charge in [0.15, 0.2) is 0 Å². The second-order valence-corrected chi connectivity index (χ2v) is 5.65.